The van der Waals surface area contributed by atoms with Crippen molar-refractivity contribution in [3.8, 4) is 0 Å². The number of ether oxygens (including phenoxy) is 1. The van der Waals surface area contributed by atoms with Crippen molar-refractivity contribution in [3.05, 3.63) is 23.7 Å². The fraction of sp³-hybridized carbons (Fsp3) is 0.611. The van der Waals surface area contributed by atoms with Gasteiger partial charge in [-0.1, -0.05) is 0 Å². The van der Waals surface area contributed by atoms with Gasteiger partial charge in [0.2, 0.25) is 5.90 Å². The second kappa shape index (κ2) is 4.56. The maximum absolute atomic E-state index is 12.3. The fourth-order valence-corrected chi connectivity index (χ4v) is 5.68. The van der Waals surface area contributed by atoms with Gasteiger partial charge < -0.3 is 4.74 Å². The van der Waals surface area contributed by atoms with Gasteiger partial charge in [-0.05, 0) is 62.4 Å². The molecule has 1 aliphatic heterocycles. The molecule has 2 heterocycles. The molecule has 0 saturated heterocycles. The lowest BCUT2D eigenvalue weighted by atomic mass is 9.49. The first-order chi connectivity index (χ1) is 11.1. The Morgan fingerprint density at radius 2 is 1.87 bits per heavy atom. The largest absolute Gasteiger partial charge is 0.406 e. The summed E-state index contributed by atoms with van der Waals surface area (Å²) in [7, 11) is 1.86. The van der Waals surface area contributed by atoms with Crippen LogP contribution in [-0.2, 0) is 16.6 Å². The number of carbonyl (C=O) groups is 1. The highest BCUT2D eigenvalue weighted by molar-refractivity contribution is 6.08. The number of aromatic nitrogens is 2. The number of cyclic esters (lactones) is 1. The van der Waals surface area contributed by atoms with E-state index < -0.39 is 0 Å². The molecule has 4 saturated carbocycles. The molecule has 0 N–H and O–H groups in total. The lowest BCUT2D eigenvalue weighted by Gasteiger charge is -2.55. The molecule has 6 rings (SSSR count). The fourth-order valence-electron chi connectivity index (χ4n) is 5.68. The molecule has 5 aliphatic rings. The summed E-state index contributed by atoms with van der Waals surface area (Å²) in [6.07, 6.45) is 13.0. The van der Waals surface area contributed by atoms with Gasteiger partial charge in [0.1, 0.15) is 0 Å². The molecule has 0 spiro atoms. The molecule has 0 atom stereocenters. The molecule has 0 unspecified atom stereocenters. The zero-order chi connectivity index (χ0) is 15.6. The molecule has 0 aromatic carbocycles. The standard InChI is InChI=1S/C18H21N3O2/c1-21-10-14(9-19-21)5-15-16(22)23-17(20-15)18-6-11-2-12(7-18)4-13(3-11)8-18/h5,9-13H,2-4,6-8H2,1H3/b15-5-. The number of carbonyl (C=O) groups excluding carboxylic acids is 1. The molecule has 5 heteroatoms. The van der Waals surface area contributed by atoms with E-state index >= 15 is 0 Å². The lowest BCUT2D eigenvalue weighted by Crippen LogP contribution is -2.50. The van der Waals surface area contributed by atoms with Gasteiger partial charge >= 0.3 is 5.97 Å². The number of aliphatic imine (C=N–C) groups is 1. The summed E-state index contributed by atoms with van der Waals surface area (Å²) in [4.78, 5) is 16.9. The first-order valence-corrected chi connectivity index (χ1v) is 8.61. The first kappa shape index (κ1) is 13.5. The van der Waals surface area contributed by atoms with E-state index in [-0.39, 0.29) is 11.4 Å². The summed E-state index contributed by atoms with van der Waals surface area (Å²) in [6.45, 7) is 0. The normalized spacial score (nSPS) is 39.9. The summed E-state index contributed by atoms with van der Waals surface area (Å²) >= 11 is 0. The molecule has 0 amide bonds. The van der Waals surface area contributed by atoms with Crippen LogP contribution < -0.4 is 0 Å². The Morgan fingerprint density at radius 3 is 2.43 bits per heavy atom. The summed E-state index contributed by atoms with van der Waals surface area (Å²) in [5.41, 5.74) is 1.34. The molecule has 4 aliphatic carbocycles. The Bertz CT molecular complexity index is 708. The van der Waals surface area contributed by atoms with Crippen LogP contribution in [0.15, 0.2) is 23.1 Å². The van der Waals surface area contributed by atoms with E-state index in [1.165, 1.54) is 19.3 Å². The van der Waals surface area contributed by atoms with Crippen molar-refractivity contribution >= 4 is 17.9 Å². The smallest absolute Gasteiger partial charge is 0.363 e. The van der Waals surface area contributed by atoms with Crippen molar-refractivity contribution in [3.63, 3.8) is 0 Å². The summed E-state index contributed by atoms with van der Waals surface area (Å²) in [6, 6.07) is 0. The molecule has 4 bridgehead atoms. The van der Waals surface area contributed by atoms with Crippen LogP contribution in [0.5, 0.6) is 0 Å². The van der Waals surface area contributed by atoms with Crippen LogP contribution in [0.25, 0.3) is 6.08 Å². The number of rotatable bonds is 2. The van der Waals surface area contributed by atoms with Crippen LogP contribution in [0.3, 0.4) is 0 Å². The SMILES string of the molecule is Cn1cc(/C=C2\N=C(C34CC5CC(CC(C5)C3)C4)OC2=O)cn1. The Hall–Kier alpha value is -1.91. The quantitative estimate of drug-likeness (QED) is 0.623. The third-order valence-corrected chi connectivity index (χ3v) is 6.14. The molecule has 4 fully saturated rings. The topological polar surface area (TPSA) is 56.5 Å². The first-order valence-electron chi connectivity index (χ1n) is 8.61. The molecule has 1 aromatic heterocycles. The lowest BCUT2D eigenvalue weighted by molar-refractivity contribution is -0.131. The highest BCUT2D eigenvalue weighted by Gasteiger charge is 2.55. The predicted octanol–water partition coefficient (Wildman–Crippen LogP) is 2.93. The average Bonchev–Trinajstić information content (AvgIpc) is 3.05. The van der Waals surface area contributed by atoms with Crippen molar-refractivity contribution in [2.45, 2.75) is 38.5 Å². The molecular formula is C18H21N3O2. The van der Waals surface area contributed by atoms with Gasteiger partial charge in [-0.15, -0.1) is 0 Å². The van der Waals surface area contributed by atoms with Crippen molar-refractivity contribution in [1.82, 2.24) is 9.78 Å². The van der Waals surface area contributed by atoms with Gasteiger partial charge in [0.05, 0.1) is 6.20 Å². The van der Waals surface area contributed by atoms with Crippen molar-refractivity contribution < 1.29 is 9.53 Å². The Kier molecular flexibility index (Phi) is 2.68. The second-order valence-corrected chi connectivity index (χ2v) is 7.98. The number of hydrogen-bond acceptors (Lipinski definition) is 4. The number of aryl methyl sites for hydroxylation is 1. The van der Waals surface area contributed by atoms with Crippen molar-refractivity contribution in [2.75, 3.05) is 0 Å². The van der Waals surface area contributed by atoms with Gasteiger partial charge in [0.25, 0.3) is 0 Å². The van der Waals surface area contributed by atoms with E-state index in [4.69, 9.17) is 4.74 Å². The number of hydrogen-bond donors (Lipinski definition) is 0. The van der Waals surface area contributed by atoms with Crippen molar-refractivity contribution in [1.29, 1.82) is 0 Å². The predicted molar refractivity (Wildman–Crippen MR) is 85.3 cm³/mol. The maximum Gasteiger partial charge on any atom is 0.363 e. The average molecular weight is 311 g/mol. The number of esters is 1. The van der Waals surface area contributed by atoms with Crippen LogP contribution in [0.2, 0.25) is 0 Å². The highest BCUT2D eigenvalue weighted by Crippen LogP contribution is 2.61. The summed E-state index contributed by atoms with van der Waals surface area (Å²) in [5.74, 6) is 2.84. The zero-order valence-corrected chi connectivity index (χ0v) is 13.4. The van der Waals surface area contributed by atoms with Gasteiger partial charge in [-0.2, -0.15) is 5.10 Å². The van der Waals surface area contributed by atoms with Crippen molar-refractivity contribution in [2.24, 2.45) is 35.2 Å². The highest BCUT2D eigenvalue weighted by atomic mass is 16.6. The van der Waals surface area contributed by atoms with E-state index in [2.05, 4.69) is 10.1 Å². The summed E-state index contributed by atoms with van der Waals surface area (Å²) < 4.78 is 7.37. The monoisotopic (exact) mass is 311 g/mol. The van der Waals surface area contributed by atoms with Crippen LogP contribution in [0.1, 0.15) is 44.1 Å². The minimum Gasteiger partial charge on any atom is -0.406 e. The Balaban J connectivity index is 1.48. The molecular weight excluding hydrogens is 290 g/mol. The molecule has 120 valence electrons. The molecule has 0 radical (unpaired) electrons. The van der Waals surface area contributed by atoms with Crippen LogP contribution >= 0.6 is 0 Å². The molecule has 1 aromatic rings. The minimum atomic E-state index is -0.306. The van der Waals surface area contributed by atoms with Crippen LogP contribution in [0, 0.1) is 23.2 Å². The van der Waals surface area contributed by atoms with Crippen LogP contribution in [-0.4, -0.2) is 21.6 Å². The van der Waals surface area contributed by atoms with E-state index in [1.54, 1.807) is 17.0 Å². The molecule has 23 heavy (non-hydrogen) atoms. The van der Waals surface area contributed by atoms with Crippen LogP contribution in [0.4, 0.5) is 0 Å². The molecule has 5 nitrogen and oxygen atoms in total. The minimum absolute atomic E-state index is 0.0366. The van der Waals surface area contributed by atoms with Gasteiger partial charge in [0.15, 0.2) is 5.70 Å². The third-order valence-electron chi connectivity index (χ3n) is 6.14. The van der Waals surface area contributed by atoms with Gasteiger partial charge in [-0.25, -0.2) is 9.79 Å². The Morgan fingerprint density at radius 1 is 1.22 bits per heavy atom. The van der Waals surface area contributed by atoms with E-state index in [9.17, 15) is 4.79 Å². The van der Waals surface area contributed by atoms with E-state index in [0.29, 0.717) is 11.6 Å². The van der Waals surface area contributed by atoms with E-state index in [0.717, 1.165) is 42.6 Å². The third kappa shape index (κ3) is 2.09. The number of nitrogens with zero attached hydrogens (tertiary/aromatic N) is 3. The maximum atomic E-state index is 12.3. The summed E-state index contributed by atoms with van der Waals surface area (Å²) in [5, 5.41) is 4.13. The Labute approximate surface area is 135 Å². The van der Waals surface area contributed by atoms with Gasteiger partial charge in [-0.3, -0.25) is 4.68 Å². The zero-order valence-electron chi connectivity index (χ0n) is 13.4. The van der Waals surface area contributed by atoms with E-state index in [1.807, 2.05) is 13.2 Å². The van der Waals surface area contributed by atoms with Gasteiger partial charge in [0, 0.05) is 24.2 Å². The second-order valence-electron chi connectivity index (χ2n) is 7.98.